The third-order valence-corrected chi connectivity index (χ3v) is 2.83. The van der Waals surface area contributed by atoms with E-state index in [1.807, 2.05) is 0 Å². The summed E-state index contributed by atoms with van der Waals surface area (Å²) in [5.41, 5.74) is 2.94. The lowest BCUT2D eigenvalue weighted by molar-refractivity contribution is 1.09. The number of rotatable bonds is 0. The molecule has 3 rings (SSSR count). The van der Waals surface area contributed by atoms with Gasteiger partial charge in [0.2, 0.25) is 0 Å². The van der Waals surface area contributed by atoms with Crippen molar-refractivity contribution < 1.29 is 0 Å². The quantitative estimate of drug-likeness (QED) is 0.557. The lowest BCUT2D eigenvalue weighted by Gasteiger charge is -2.12. The SMILES string of the molecule is [C]1=CCc2c3c(ccc2=C1)=C[C]=CC3. The van der Waals surface area contributed by atoms with Gasteiger partial charge in [-0.15, -0.1) is 0 Å². The van der Waals surface area contributed by atoms with E-state index in [2.05, 4.69) is 48.6 Å². The molecular weight excluding hydrogens is 168 g/mol. The van der Waals surface area contributed by atoms with Crippen molar-refractivity contribution in [2.75, 3.05) is 0 Å². The van der Waals surface area contributed by atoms with E-state index in [0.29, 0.717) is 0 Å². The lowest BCUT2D eigenvalue weighted by Crippen LogP contribution is -2.23. The first-order chi connectivity index (χ1) is 6.95. The normalized spacial score (nSPS) is 16.6. The minimum Gasteiger partial charge on any atom is -0.0722 e. The fourth-order valence-corrected chi connectivity index (χ4v) is 2.10. The van der Waals surface area contributed by atoms with Crippen LogP contribution in [0, 0.1) is 12.2 Å². The van der Waals surface area contributed by atoms with Crippen molar-refractivity contribution in [2.45, 2.75) is 12.8 Å². The zero-order valence-electron chi connectivity index (χ0n) is 7.88. The Morgan fingerprint density at radius 3 is 1.79 bits per heavy atom. The van der Waals surface area contributed by atoms with Crippen LogP contribution in [-0.4, -0.2) is 0 Å². The predicted octanol–water partition coefficient (Wildman–Crippen LogP) is 1.08. The molecule has 0 aromatic heterocycles. The van der Waals surface area contributed by atoms with Gasteiger partial charge >= 0.3 is 0 Å². The average Bonchev–Trinajstić information content (AvgIpc) is 2.29. The Morgan fingerprint density at radius 1 is 0.786 bits per heavy atom. The maximum atomic E-state index is 3.16. The van der Waals surface area contributed by atoms with Crippen molar-refractivity contribution >= 4 is 12.2 Å². The average molecular weight is 178 g/mol. The second kappa shape index (κ2) is 2.98. The summed E-state index contributed by atoms with van der Waals surface area (Å²) in [5.74, 6) is 0. The number of hydrogen-bond donors (Lipinski definition) is 0. The topological polar surface area (TPSA) is 0 Å². The van der Waals surface area contributed by atoms with E-state index in [4.69, 9.17) is 0 Å². The number of hydrogen-bond acceptors (Lipinski definition) is 0. The van der Waals surface area contributed by atoms with Gasteiger partial charge in [-0.3, -0.25) is 0 Å². The van der Waals surface area contributed by atoms with Crippen LogP contribution in [0.3, 0.4) is 0 Å². The van der Waals surface area contributed by atoms with Crippen LogP contribution in [0.4, 0.5) is 0 Å². The van der Waals surface area contributed by atoms with Gasteiger partial charge in [0.1, 0.15) is 0 Å². The molecule has 0 heterocycles. The highest BCUT2D eigenvalue weighted by Crippen LogP contribution is 2.08. The van der Waals surface area contributed by atoms with Crippen LogP contribution in [0.25, 0.3) is 12.2 Å². The maximum Gasteiger partial charge on any atom is -0.00792 e. The molecule has 0 heteroatoms. The van der Waals surface area contributed by atoms with Crippen molar-refractivity contribution in [1.82, 2.24) is 0 Å². The molecule has 0 spiro atoms. The molecule has 66 valence electrons. The summed E-state index contributed by atoms with van der Waals surface area (Å²) in [6.45, 7) is 0. The second-order valence-corrected chi connectivity index (χ2v) is 3.64. The highest BCUT2D eigenvalue weighted by molar-refractivity contribution is 5.49. The predicted molar refractivity (Wildman–Crippen MR) is 57.7 cm³/mol. The van der Waals surface area contributed by atoms with Gasteiger partial charge in [0.05, 0.1) is 0 Å². The first-order valence-electron chi connectivity index (χ1n) is 4.92. The van der Waals surface area contributed by atoms with E-state index in [1.165, 1.54) is 21.6 Å². The molecule has 0 bridgehead atoms. The fraction of sp³-hybridized carbons (Fsp3) is 0.143. The van der Waals surface area contributed by atoms with Crippen molar-refractivity contribution in [1.29, 1.82) is 0 Å². The molecule has 0 fully saturated rings. The van der Waals surface area contributed by atoms with E-state index >= 15 is 0 Å². The van der Waals surface area contributed by atoms with Crippen LogP contribution < -0.4 is 10.4 Å². The zero-order valence-corrected chi connectivity index (χ0v) is 7.88. The van der Waals surface area contributed by atoms with Gasteiger partial charge in [-0.2, -0.15) is 0 Å². The van der Waals surface area contributed by atoms with Gasteiger partial charge in [-0.25, -0.2) is 0 Å². The first kappa shape index (κ1) is 7.81. The zero-order chi connectivity index (χ0) is 9.38. The van der Waals surface area contributed by atoms with E-state index < -0.39 is 0 Å². The molecule has 0 atom stereocenters. The van der Waals surface area contributed by atoms with Crippen LogP contribution in [0.15, 0.2) is 24.3 Å². The van der Waals surface area contributed by atoms with Crippen molar-refractivity contribution in [3.63, 3.8) is 0 Å². The maximum absolute atomic E-state index is 3.16. The standard InChI is InChI=1S/C14H10/c1-3-7-13-11(5-1)9-10-12-6-2-4-8-14(12)13/h3-6,9-10H,7-8H2. The molecule has 1 aromatic carbocycles. The van der Waals surface area contributed by atoms with Gasteiger partial charge in [0.15, 0.2) is 0 Å². The molecule has 0 nitrogen and oxygen atoms in total. The van der Waals surface area contributed by atoms with E-state index in [-0.39, 0.29) is 0 Å². The Labute approximate surface area is 83.6 Å². The molecule has 0 aliphatic heterocycles. The summed E-state index contributed by atoms with van der Waals surface area (Å²) < 4.78 is 0. The minimum absolute atomic E-state index is 1.02. The highest BCUT2D eigenvalue weighted by atomic mass is 14.1. The lowest BCUT2D eigenvalue weighted by atomic mass is 9.92. The Balaban J connectivity index is 2.39. The first-order valence-corrected chi connectivity index (χ1v) is 4.92. The van der Waals surface area contributed by atoms with Crippen molar-refractivity contribution in [3.05, 3.63) is 58.0 Å². The van der Waals surface area contributed by atoms with Gasteiger partial charge in [0, 0.05) is 0 Å². The molecular formula is C14H10. The van der Waals surface area contributed by atoms with Crippen molar-refractivity contribution in [2.24, 2.45) is 0 Å². The van der Waals surface area contributed by atoms with E-state index in [0.717, 1.165) is 12.8 Å². The molecule has 0 saturated heterocycles. The number of allylic oxidation sites excluding steroid dienone is 4. The van der Waals surface area contributed by atoms with Crippen LogP contribution >= 0.6 is 0 Å². The summed E-state index contributed by atoms with van der Waals surface area (Å²) in [6.07, 6.45) is 16.7. The second-order valence-electron chi connectivity index (χ2n) is 3.64. The summed E-state index contributed by atoms with van der Waals surface area (Å²) in [5, 5.41) is 2.66. The van der Waals surface area contributed by atoms with Crippen LogP contribution in [0.5, 0.6) is 0 Å². The molecule has 2 aliphatic rings. The smallest absolute Gasteiger partial charge is 0.00792 e. The van der Waals surface area contributed by atoms with Crippen LogP contribution in [0.1, 0.15) is 11.1 Å². The fourth-order valence-electron chi connectivity index (χ4n) is 2.10. The molecule has 0 N–H and O–H groups in total. The Kier molecular flexibility index (Phi) is 1.66. The number of benzene rings is 1. The summed E-state index contributed by atoms with van der Waals surface area (Å²) in [6, 6.07) is 4.36. The third kappa shape index (κ3) is 1.07. The molecule has 2 radical (unpaired) electrons. The summed E-state index contributed by atoms with van der Waals surface area (Å²) >= 11 is 0. The van der Waals surface area contributed by atoms with Gasteiger partial charge < -0.3 is 0 Å². The van der Waals surface area contributed by atoms with Crippen molar-refractivity contribution in [3.8, 4) is 0 Å². The monoisotopic (exact) mass is 178 g/mol. The molecule has 0 unspecified atom stereocenters. The Hall–Kier alpha value is -1.56. The highest BCUT2D eigenvalue weighted by Gasteiger charge is 2.07. The van der Waals surface area contributed by atoms with Crippen LogP contribution in [-0.2, 0) is 12.8 Å². The minimum atomic E-state index is 1.02. The summed E-state index contributed by atoms with van der Waals surface area (Å²) in [7, 11) is 0. The molecule has 14 heavy (non-hydrogen) atoms. The third-order valence-electron chi connectivity index (χ3n) is 2.83. The molecule has 0 saturated carbocycles. The van der Waals surface area contributed by atoms with E-state index in [1.54, 1.807) is 0 Å². The molecule has 2 aliphatic carbocycles. The largest absolute Gasteiger partial charge is 0.0722 e. The Bertz CT molecular complexity index is 491. The number of fused-ring (bicyclic) bond motifs is 3. The Morgan fingerprint density at radius 2 is 1.29 bits per heavy atom. The van der Waals surface area contributed by atoms with E-state index in [9.17, 15) is 0 Å². The molecule has 0 amide bonds. The van der Waals surface area contributed by atoms with Gasteiger partial charge in [-0.1, -0.05) is 24.3 Å². The molecule has 1 aromatic rings. The summed E-state index contributed by atoms with van der Waals surface area (Å²) in [4.78, 5) is 0. The van der Waals surface area contributed by atoms with Gasteiger partial charge in [0.25, 0.3) is 0 Å². The van der Waals surface area contributed by atoms with Crippen LogP contribution in [0.2, 0.25) is 0 Å². The van der Waals surface area contributed by atoms with Gasteiger partial charge in [-0.05, 0) is 58.7 Å².